The molecule has 0 radical (unpaired) electrons. The summed E-state index contributed by atoms with van der Waals surface area (Å²) >= 11 is 0. The van der Waals surface area contributed by atoms with Crippen LogP contribution in [0.3, 0.4) is 0 Å². The highest BCUT2D eigenvalue weighted by Gasteiger charge is 1.92. The number of aliphatic imine (C=N–C) groups is 1. The zero-order valence-electron chi connectivity index (χ0n) is 4.59. The highest BCUT2D eigenvalue weighted by molar-refractivity contribution is 5.38. The SMILES string of the molecule is C=Nc1cc(C)on1. The average Bonchev–Trinajstić information content (AvgIpc) is 2.14. The van der Waals surface area contributed by atoms with Crippen LogP contribution >= 0.6 is 0 Å². The van der Waals surface area contributed by atoms with Crippen LogP contribution in [0.2, 0.25) is 0 Å². The van der Waals surface area contributed by atoms with Gasteiger partial charge in [-0.1, -0.05) is 5.16 Å². The largest absolute Gasteiger partial charge is 0.359 e. The third-order valence-corrected chi connectivity index (χ3v) is 0.778. The van der Waals surface area contributed by atoms with Crippen LogP contribution < -0.4 is 0 Å². The molecule has 0 fully saturated rings. The summed E-state index contributed by atoms with van der Waals surface area (Å²) in [5.74, 6) is 1.30. The summed E-state index contributed by atoms with van der Waals surface area (Å²) in [4.78, 5) is 3.54. The van der Waals surface area contributed by atoms with E-state index in [1.807, 2.05) is 6.92 Å². The van der Waals surface area contributed by atoms with Gasteiger partial charge in [-0.3, -0.25) is 0 Å². The molecule has 0 bridgehead atoms. The second-order valence-corrected chi connectivity index (χ2v) is 1.45. The van der Waals surface area contributed by atoms with Crippen molar-refractivity contribution >= 4 is 12.5 Å². The lowest BCUT2D eigenvalue weighted by Gasteiger charge is -1.68. The van der Waals surface area contributed by atoms with Gasteiger partial charge in [0, 0.05) is 6.07 Å². The van der Waals surface area contributed by atoms with E-state index in [2.05, 4.69) is 21.4 Å². The molecule has 0 unspecified atom stereocenters. The first kappa shape index (κ1) is 5.03. The van der Waals surface area contributed by atoms with Crippen LogP contribution in [0.15, 0.2) is 15.6 Å². The zero-order chi connectivity index (χ0) is 5.98. The van der Waals surface area contributed by atoms with Crippen molar-refractivity contribution in [2.45, 2.75) is 6.92 Å². The highest BCUT2D eigenvalue weighted by atomic mass is 16.5. The van der Waals surface area contributed by atoms with Crippen LogP contribution in [0.25, 0.3) is 0 Å². The maximum Gasteiger partial charge on any atom is 0.194 e. The van der Waals surface area contributed by atoms with Crippen LogP contribution in [0.1, 0.15) is 5.76 Å². The van der Waals surface area contributed by atoms with Crippen LogP contribution in [0.5, 0.6) is 0 Å². The van der Waals surface area contributed by atoms with Crippen LogP contribution in [-0.2, 0) is 0 Å². The van der Waals surface area contributed by atoms with Crippen LogP contribution in [0.4, 0.5) is 5.82 Å². The molecule has 0 atom stereocenters. The molecule has 1 aromatic heterocycles. The van der Waals surface area contributed by atoms with Gasteiger partial charge in [0.2, 0.25) is 0 Å². The van der Waals surface area contributed by atoms with E-state index in [-0.39, 0.29) is 0 Å². The van der Waals surface area contributed by atoms with Crippen molar-refractivity contribution in [1.29, 1.82) is 0 Å². The molecule has 1 rings (SSSR count). The summed E-state index contributed by atoms with van der Waals surface area (Å²) < 4.78 is 4.67. The summed E-state index contributed by atoms with van der Waals surface area (Å²) in [6, 6.07) is 1.72. The van der Waals surface area contributed by atoms with E-state index >= 15 is 0 Å². The Bertz CT molecular complexity index is 192. The van der Waals surface area contributed by atoms with Gasteiger partial charge in [0.1, 0.15) is 5.76 Å². The minimum atomic E-state index is 0.544. The Morgan fingerprint density at radius 2 is 2.62 bits per heavy atom. The van der Waals surface area contributed by atoms with Crippen molar-refractivity contribution in [3.8, 4) is 0 Å². The predicted molar refractivity (Wildman–Crippen MR) is 30.4 cm³/mol. The van der Waals surface area contributed by atoms with E-state index in [0.29, 0.717) is 5.82 Å². The van der Waals surface area contributed by atoms with E-state index in [0.717, 1.165) is 5.76 Å². The number of nitrogens with zero attached hydrogens (tertiary/aromatic N) is 2. The molecule has 0 aliphatic carbocycles. The molecular formula is C5H6N2O. The summed E-state index contributed by atoms with van der Waals surface area (Å²) in [6.07, 6.45) is 0. The topological polar surface area (TPSA) is 38.4 Å². The van der Waals surface area contributed by atoms with E-state index in [1.165, 1.54) is 0 Å². The third-order valence-electron chi connectivity index (χ3n) is 0.778. The fourth-order valence-electron chi connectivity index (χ4n) is 0.428. The molecule has 0 aliphatic heterocycles. The molecule has 3 nitrogen and oxygen atoms in total. The molecule has 0 spiro atoms. The average molecular weight is 110 g/mol. The van der Waals surface area contributed by atoms with Crippen molar-refractivity contribution in [2.75, 3.05) is 0 Å². The molecule has 1 aromatic rings. The third kappa shape index (κ3) is 0.753. The number of aryl methyl sites for hydroxylation is 1. The molecule has 0 amide bonds. The first-order valence-corrected chi connectivity index (χ1v) is 2.23. The summed E-state index contributed by atoms with van der Waals surface area (Å²) in [5, 5.41) is 3.53. The molecule has 3 heteroatoms. The minimum Gasteiger partial charge on any atom is -0.359 e. The second-order valence-electron chi connectivity index (χ2n) is 1.45. The Hall–Kier alpha value is -1.12. The Kier molecular flexibility index (Phi) is 1.12. The lowest BCUT2D eigenvalue weighted by Crippen LogP contribution is -1.53. The Morgan fingerprint density at radius 3 is 2.88 bits per heavy atom. The van der Waals surface area contributed by atoms with Gasteiger partial charge in [-0.15, -0.1) is 0 Å². The van der Waals surface area contributed by atoms with Gasteiger partial charge in [0.15, 0.2) is 5.82 Å². The van der Waals surface area contributed by atoms with Gasteiger partial charge in [-0.2, -0.15) is 0 Å². The smallest absolute Gasteiger partial charge is 0.194 e. The van der Waals surface area contributed by atoms with E-state index < -0.39 is 0 Å². The van der Waals surface area contributed by atoms with Gasteiger partial charge in [-0.25, -0.2) is 4.99 Å². The molecular weight excluding hydrogens is 104 g/mol. The van der Waals surface area contributed by atoms with Crippen molar-refractivity contribution < 1.29 is 4.52 Å². The number of hydrogen-bond acceptors (Lipinski definition) is 3. The van der Waals surface area contributed by atoms with Crippen LogP contribution in [0, 0.1) is 6.92 Å². The van der Waals surface area contributed by atoms with E-state index in [4.69, 9.17) is 0 Å². The lowest BCUT2D eigenvalue weighted by atomic mass is 10.5. The molecule has 8 heavy (non-hydrogen) atoms. The monoisotopic (exact) mass is 110 g/mol. The standard InChI is InChI=1S/C5H6N2O/c1-4-3-5(6-2)7-8-4/h3H,2H2,1H3. The maximum absolute atomic E-state index is 4.67. The maximum atomic E-state index is 4.67. The summed E-state index contributed by atoms with van der Waals surface area (Å²) in [5.41, 5.74) is 0. The number of rotatable bonds is 1. The van der Waals surface area contributed by atoms with Crippen LogP contribution in [-0.4, -0.2) is 11.9 Å². The molecule has 0 aliphatic rings. The van der Waals surface area contributed by atoms with Gasteiger partial charge in [0.25, 0.3) is 0 Å². The highest BCUT2D eigenvalue weighted by Crippen LogP contribution is 2.08. The summed E-state index contributed by atoms with van der Waals surface area (Å²) in [7, 11) is 0. The number of aromatic nitrogens is 1. The molecule has 0 saturated carbocycles. The predicted octanol–water partition coefficient (Wildman–Crippen LogP) is 1.32. The molecule has 0 aromatic carbocycles. The van der Waals surface area contributed by atoms with Crippen molar-refractivity contribution in [1.82, 2.24) is 5.16 Å². The quantitative estimate of drug-likeness (QED) is 0.511. The van der Waals surface area contributed by atoms with E-state index in [1.54, 1.807) is 6.07 Å². The fourth-order valence-corrected chi connectivity index (χ4v) is 0.428. The Morgan fingerprint density at radius 1 is 1.88 bits per heavy atom. The molecule has 42 valence electrons. The van der Waals surface area contributed by atoms with Crippen molar-refractivity contribution in [3.05, 3.63) is 11.8 Å². The zero-order valence-corrected chi connectivity index (χ0v) is 4.59. The molecule has 0 N–H and O–H groups in total. The molecule has 0 saturated heterocycles. The van der Waals surface area contributed by atoms with Gasteiger partial charge < -0.3 is 4.52 Å². The van der Waals surface area contributed by atoms with Crippen molar-refractivity contribution in [3.63, 3.8) is 0 Å². The van der Waals surface area contributed by atoms with E-state index in [9.17, 15) is 0 Å². The first-order valence-electron chi connectivity index (χ1n) is 2.23. The lowest BCUT2D eigenvalue weighted by molar-refractivity contribution is 0.399. The minimum absolute atomic E-state index is 0.544. The Balaban J connectivity index is 3.00. The normalized spacial score (nSPS) is 9.12. The Labute approximate surface area is 47.0 Å². The van der Waals surface area contributed by atoms with Gasteiger partial charge >= 0.3 is 0 Å². The number of hydrogen-bond donors (Lipinski definition) is 0. The second kappa shape index (κ2) is 1.78. The fraction of sp³-hybridized carbons (Fsp3) is 0.200. The summed E-state index contributed by atoms with van der Waals surface area (Å²) in [6.45, 7) is 5.08. The van der Waals surface area contributed by atoms with Gasteiger partial charge in [-0.05, 0) is 13.6 Å². The first-order chi connectivity index (χ1) is 3.83. The molecule has 1 heterocycles. The van der Waals surface area contributed by atoms with Gasteiger partial charge in [0.05, 0.1) is 0 Å². The van der Waals surface area contributed by atoms with Crippen molar-refractivity contribution in [2.24, 2.45) is 4.99 Å².